The summed E-state index contributed by atoms with van der Waals surface area (Å²) in [4.78, 5) is 5.55. The van der Waals surface area contributed by atoms with Gasteiger partial charge in [-0.05, 0) is 36.2 Å². The maximum Gasteiger partial charge on any atom is 0.191 e. The zero-order valence-corrected chi connectivity index (χ0v) is 17.8. The molecule has 2 rings (SSSR count). The maximum atomic E-state index is 5.17. The van der Waals surface area contributed by atoms with Crippen LogP contribution in [0.25, 0.3) is 0 Å². The minimum atomic E-state index is 0. The predicted molar refractivity (Wildman–Crippen MR) is 119 cm³/mol. The van der Waals surface area contributed by atoms with Gasteiger partial charge < -0.3 is 15.4 Å². The van der Waals surface area contributed by atoms with Crippen LogP contribution < -0.4 is 15.4 Å². The van der Waals surface area contributed by atoms with Crippen molar-refractivity contribution in [3.63, 3.8) is 0 Å². The van der Waals surface area contributed by atoms with Gasteiger partial charge in [-0.3, -0.25) is 4.99 Å². The van der Waals surface area contributed by atoms with Gasteiger partial charge in [0.1, 0.15) is 5.75 Å². The molecule has 2 N–H and O–H groups in total. The lowest BCUT2D eigenvalue weighted by molar-refractivity contribution is 0.414. The summed E-state index contributed by atoms with van der Waals surface area (Å²) >= 11 is 1.84. The number of thioether (sulfide) groups is 1. The molecule has 0 fully saturated rings. The van der Waals surface area contributed by atoms with Gasteiger partial charge >= 0.3 is 0 Å². The van der Waals surface area contributed by atoms with Crippen molar-refractivity contribution in [1.29, 1.82) is 0 Å². The van der Waals surface area contributed by atoms with E-state index in [9.17, 15) is 0 Å². The molecule has 0 aliphatic carbocycles. The molecule has 0 amide bonds. The van der Waals surface area contributed by atoms with E-state index >= 15 is 0 Å². The Bertz CT molecular complexity index is 620. The van der Waals surface area contributed by atoms with Gasteiger partial charge in [-0.15, -0.1) is 35.7 Å². The number of hydrogen-bond donors (Lipinski definition) is 2. The number of nitrogens with one attached hydrogen (secondary N) is 2. The van der Waals surface area contributed by atoms with Gasteiger partial charge in [-0.25, -0.2) is 0 Å². The van der Waals surface area contributed by atoms with Crippen LogP contribution in [0.2, 0.25) is 0 Å². The number of guanidine groups is 1. The molecule has 0 heterocycles. The molecular formula is C19H26IN3OS. The molecule has 0 bridgehead atoms. The molecule has 0 aliphatic rings. The lowest BCUT2D eigenvalue weighted by atomic mass is 10.1. The van der Waals surface area contributed by atoms with Crippen LogP contribution in [0.3, 0.4) is 0 Å². The number of nitrogens with zero attached hydrogens (tertiary/aromatic N) is 1. The van der Waals surface area contributed by atoms with Gasteiger partial charge in [0.25, 0.3) is 0 Å². The SMILES string of the molecule is CN=C(NCCSc1ccccc1)NCCc1ccc(OC)cc1.I. The van der Waals surface area contributed by atoms with E-state index in [1.54, 1.807) is 14.2 Å². The first-order chi connectivity index (χ1) is 11.8. The van der Waals surface area contributed by atoms with Crippen molar-refractivity contribution >= 4 is 41.7 Å². The lowest BCUT2D eigenvalue weighted by Gasteiger charge is -2.12. The van der Waals surface area contributed by atoms with E-state index in [0.29, 0.717) is 0 Å². The fourth-order valence-corrected chi connectivity index (χ4v) is 2.98. The predicted octanol–water partition coefficient (Wildman–Crippen LogP) is 3.81. The Kier molecular flexibility index (Phi) is 11.1. The molecule has 2 aromatic carbocycles. The average molecular weight is 471 g/mol. The summed E-state index contributed by atoms with van der Waals surface area (Å²) in [5, 5.41) is 6.69. The fraction of sp³-hybridized carbons (Fsp3) is 0.316. The zero-order valence-electron chi connectivity index (χ0n) is 14.7. The molecule has 0 radical (unpaired) electrons. The first-order valence-corrected chi connectivity index (χ1v) is 9.05. The third kappa shape index (κ3) is 8.49. The quantitative estimate of drug-likeness (QED) is 0.202. The average Bonchev–Trinajstić information content (AvgIpc) is 2.65. The summed E-state index contributed by atoms with van der Waals surface area (Å²) in [5.41, 5.74) is 1.28. The van der Waals surface area contributed by atoms with E-state index in [2.05, 4.69) is 52.0 Å². The Balaban J connectivity index is 0.00000312. The summed E-state index contributed by atoms with van der Waals surface area (Å²) in [6, 6.07) is 18.6. The van der Waals surface area contributed by atoms with Crippen LogP contribution in [0.4, 0.5) is 0 Å². The second kappa shape index (κ2) is 12.9. The van der Waals surface area contributed by atoms with Crippen LogP contribution in [-0.4, -0.2) is 39.0 Å². The Morgan fingerprint density at radius 1 is 1.00 bits per heavy atom. The van der Waals surface area contributed by atoms with E-state index in [0.717, 1.165) is 37.0 Å². The van der Waals surface area contributed by atoms with E-state index in [-0.39, 0.29) is 24.0 Å². The van der Waals surface area contributed by atoms with Crippen molar-refractivity contribution in [1.82, 2.24) is 10.6 Å². The third-order valence-corrected chi connectivity index (χ3v) is 4.51. The largest absolute Gasteiger partial charge is 0.497 e. The first-order valence-electron chi connectivity index (χ1n) is 8.07. The van der Waals surface area contributed by atoms with Crippen LogP contribution in [-0.2, 0) is 6.42 Å². The molecule has 0 aromatic heterocycles. The normalized spacial score (nSPS) is 10.7. The Hall–Kier alpha value is -1.41. The molecule has 4 nitrogen and oxygen atoms in total. The summed E-state index contributed by atoms with van der Waals surface area (Å²) in [6.45, 7) is 1.72. The van der Waals surface area contributed by atoms with Crippen molar-refractivity contribution in [2.24, 2.45) is 4.99 Å². The minimum absolute atomic E-state index is 0. The highest BCUT2D eigenvalue weighted by molar-refractivity contribution is 14.0. The number of aliphatic imine (C=N–C) groups is 1. The third-order valence-electron chi connectivity index (χ3n) is 3.50. The molecule has 0 atom stereocenters. The van der Waals surface area contributed by atoms with Crippen LogP contribution in [0.15, 0.2) is 64.5 Å². The van der Waals surface area contributed by atoms with Crippen molar-refractivity contribution in [2.75, 3.05) is 33.0 Å². The van der Waals surface area contributed by atoms with Crippen molar-refractivity contribution in [3.8, 4) is 5.75 Å². The van der Waals surface area contributed by atoms with Crippen molar-refractivity contribution < 1.29 is 4.74 Å². The van der Waals surface area contributed by atoms with Crippen LogP contribution in [0.5, 0.6) is 5.75 Å². The van der Waals surface area contributed by atoms with E-state index in [4.69, 9.17) is 4.74 Å². The standard InChI is InChI=1S/C19H25N3OS.HI/c1-20-19(22-14-15-24-18-6-4-3-5-7-18)21-13-12-16-8-10-17(23-2)11-9-16;/h3-11H,12-15H2,1-2H3,(H2,20,21,22);1H. The summed E-state index contributed by atoms with van der Waals surface area (Å²) in [5.74, 6) is 2.74. The van der Waals surface area contributed by atoms with Crippen LogP contribution in [0, 0.1) is 0 Å². The molecule has 25 heavy (non-hydrogen) atoms. The van der Waals surface area contributed by atoms with Gasteiger partial charge in [0.05, 0.1) is 7.11 Å². The van der Waals surface area contributed by atoms with Crippen molar-refractivity contribution in [3.05, 3.63) is 60.2 Å². The number of benzene rings is 2. The maximum absolute atomic E-state index is 5.17. The first kappa shape index (κ1) is 21.6. The van der Waals surface area contributed by atoms with Gasteiger partial charge in [0.2, 0.25) is 0 Å². The highest BCUT2D eigenvalue weighted by Crippen LogP contribution is 2.15. The van der Waals surface area contributed by atoms with Gasteiger partial charge in [-0.2, -0.15) is 0 Å². The zero-order chi connectivity index (χ0) is 17.0. The lowest BCUT2D eigenvalue weighted by Crippen LogP contribution is -2.39. The van der Waals surface area contributed by atoms with Crippen molar-refractivity contribution in [2.45, 2.75) is 11.3 Å². The minimum Gasteiger partial charge on any atom is -0.497 e. The van der Waals surface area contributed by atoms with Gasteiger partial charge in [0.15, 0.2) is 5.96 Å². The molecule has 6 heteroatoms. The Morgan fingerprint density at radius 2 is 1.68 bits per heavy atom. The number of ether oxygens (including phenoxy) is 1. The Morgan fingerprint density at radius 3 is 2.32 bits per heavy atom. The second-order valence-electron chi connectivity index (χ2n) is 5.19. The molecule has 2 aromatic rings. The molecule has 0 saturated carbocycles. The van der Waals surface area contributed by atoms with E-state index in [1.807, 2.05) is 30.0 Å². The molecular weight excluding hydrogens is 445 g/mol. The highest BCUT2D eigenvalue weighted by Gasteiger charge is 1.99. The topological polar surface area (TPSA) is 45.7 Å². The Labute approximate surface area is 171 Å². The molecule has 0 aliphatic heterocycles. The summed E-state index contributed by atoms with van der Waals surface area (Å²) in [6.07, 6.45) is 0.948. The monoisotopic (exact) mass is 471 g/mol. The molecule has 0 saturated heterocycles. The van der Waals surface area contributed by atoms with Gasteiger partial charge in [0, 0.05) is 30.8 Å². The smallest absolute Gasteiger partial charge is 0.191 e. The van der Waals surface area contributed by atoms with Crippen LogP contribution in [0.1, 0.15) is 5.56 Å². The number of rotatable bonds is 8. The molecule has 0 unspecified atom stereocenters. The van der Waals surface area contributed by atoms with Crippen LogP contribution >= 0.6 is 35.7 Å². The summed E-state index contributed by atoms with van der Waals surface area (Å²) < 4.78 is 5.17. The van der Waals surface area contributed by atoms with Gasteiger partial charge in [-0.1, -0.05) is 30.3 Å². The fourth-order valence-electron chi connectivity index (χ4n) is 2.19. The molecule has 0 spiro atoms. The molecule has 136 valence electrons. The number of hydrogen-bond acceptors (Lipinski definition) is 3. The summed E-state index contributed by atoms with van der Waals surface area (Å²) in [7, 11) is 3.48. The van der Waals surface area contributed by atoms with E-state index in [1.165, 1.54) is 10.5 Å². The number of methoxy groups -OCH3 is 1. The second-order valence-corrected chi connectivity index (χ2v) is 6.35. The highest BCUT2D eigenvalue weighted by atomic mass is 127. The number of halogens is 1. The van der Waals surface area contributed by atoms with E-state index < -0.39 is 0 Å².